The van der Waals surface area contributed by atoms with Gasteiger partial charge in [0.1, 0.15) is 11.3 Å². The Morgan fingerprint density at radius 3 is 2.37 bits per heavy atom. The second kappa shape index (κ2) is 6.28. The van der Waals surface area contributed by atoms with E-state index in [-0.39, 0.29) is 17.5 Å². The Morgan fingerprint density at radius 2 is 1.74 bits per heavy atom. The van der Waals surface area contributed by atoms with E-state index in [1.54, 1.807) is 31.4 Å². The zero-order valence-electron chi connectivity index (χ0n) is 14.6. The van der Waals surface area contributed by atoms with Crippen LogP contribution in [0.2, 0.25) is 0 Å². The number of furan rings is 1. The lowest BCUT2D eigenvalue weighted by Gasteiger charge is -2.12. The number of benzene rings is 2. The third kappa shape index (κ3) is 2.64. The lowest BCUT2D eigenvalue weighted by Crippen LogP contribution is -2.33. The zero-order chi connectivity index (χ0) is 19.1. The van der Waals surface area contributed by atoms with E-state index in [0.717, 1.165) is 10.9 Å². The highest BCUT2D eigenvalue weighted by Crippen LogP contribution is 2.31. The van der Waals surface area contributed by atoms with Crippen molar-refractivity contribution in [1.82, 2.24) is 5.06 Å². The van der Waals surface area contributed by atoms with Gasteiger partial charge in [-0.25, -0.2) is 4.79 Å². The Kier molecular flexibility index (Phi) is 3.92. The van der Waals surface area contributed by atoms with Crippen molar-refractivity contribution in [3.8, 4) is 5.75 Å². The predicted octanol–water partition coefficient (Wildman–Crippen LogP) is 3.05. The van der Waals surface area contributed by atoms with Gasteiger partial charge in [-0.1, -0.05) is 17.2 Å². The maximum Gasteiger partial charge on any atom is 0.337 e. The van der Waals surface area contributed by atoms with Gasteiger partial charge < -0.3 is 14.0 Å². The number of rotatable bonds is 4. The molecule has 2 aromatic carbocycles. The van der Waals surface area contributed by atoms with Crippen LogP contribution in [-0.4, -0.2) is 30.0 Å². The number of ether oxygens (including phenoxy) is 1. The van der Waals surface area contributed by atoms with Gasteiger partial charge in [-0.15, -0.1) is 0 Å². The van der Waals surface area contributed by atoms with Crippen LogP contribution in [0.3, 0.4) is 0 Å². The van der Waals surface area contributed by atoms with Crippen molar-refractivity contribution in [2.75, 3.05) is 7.11 Å². The number of hydrogen-bond acceptors (Lipinski definition) is 6. The summed E-state index contributed by atoms with van der Waals surface area (Å²) >= 11 is 0. The first-order chi connectivity index (χ1) is 13.0. The van der Waals surface area contributed by atoms with Crippen LogP contribution in [0.25, 0.3) is 11.0 Å². The molecule has 0 saturated heterocycles. The molecule has 136 valence electrons. The molecular weight excluding hydrogens is 350 g/mol. The van der Waals surface area contributed by atoms with Crippen molar-refractivity contribution in [3.05, 3.63) is 64.9 Å². The van der Waals surface area contributed by atoms with Gasteiger partial charge in [-0.3, -0.25) is 9.59 Å². The number of carbonyl (C=O) groups excluding carboxylic acids is 3. The summed E-state index contributed by atoms with van der Waals surface area (Å²) in [7, 11) is 1.57. The molecule has 1 aromatic heterocycles. The Morgan fingerprint density at radius 1 is 1.07 bits per heavy atom. The molecule has 7 nitrogen and oxygen atoms in total. The summed E-state index contributed by atoms with van der Waals surface area (Å²) in [5.74, 6) is -1.36. The third-order valence-electron chi connectivity index (χ3n) is 4.53. The molecule has 0 saturated carbocycles. The number of hydrogen-bond donors (Lipinski definition) is 0. The molecule has 0 atom stereocenters. The van der Waals surface area contributed by atoms with Crippen LogP contribution in [0.5, 0.6) is 5.75 Å². The van der Waals surface area contributed by atoms with E-state index >= 15 is 0 Å². The average Bonchev–Trinajstić information content (AvgIpc) is 3.18. The zero-order valence-corrected chi connectivity index (χ0v) is 14.6. The summed E-state index contributed by atoms with van der Waals surface area (Å²) in [6.45, 7) is 1.85. The number of methoxy groups -OCH3 is 1. The van der Waals surface area contributed by atoms with Crippen molar-refractivity contribution in [2.24, 2.45) is 0 Å². The minimum Gasteiger partial charge on any atom is -0.496 e. The molecule has 0 bridgehead atoms. The molecule has 2 heterocycles. The largest absolute Gasteiger partial charge is 0.496 e. The summed E-state index contributed by atoms with van der Waals surface area (Å²) in [5.41, 5.74) is 2.45. The van der Waals surface area contributed by atoms with Crippen LogP contribution >= 0.6 is 0 Å². The molecule has 0 N–H and O–H groups in total. The van der Waals surface area contributed by atoms with Crippen LogP contribution in [0.15, 0.2) is 47.1 Å². The van der Waals surface area contributed by atoms with Gasteiger partial charge in [0.05, 0.1) is 30.9 Å². The number of hydroxylamine groups is 2. The van der Waals surface area contributed by atoms with Crippen LogP contribution in [0, 0.1) is 6.92 Å². The first-order valence-corrected chi connectivity index (χ1v) is 8.23. The highest BCUT2D eigenvalue weighted by atomic mass is 16.7. The van der Waals surface area contributed by atoms with Crippen molar-refractivity contribution in [3.63, 3.8) is 0 Å². The minimum absolute atomic E-state index is 0.147. The molecule has 27 heavy (non-hydrogen) atoms. The number of fused-ring (bicyclic) bond motifs is 2. The van der Waals surface area contributed by atoms with E-state index in [4.69, 9.17) is 14.0 Å². The number of carbonyl (C=O) groups is 3. The van der Waals surface area contributed by atoms with E-state index < -0.39 is 17.8 Å². The maximum absolute atomic E-state index is 12.3. The normalized spacial score (nSPS) is 13.2. The summed E-state index contributed by atoms with van der Waals surface area (Å²) in [5, 5.41) is 1.25. The number of aryl methyl sites for hydroxylation is 1. The van der Waals surface area contributed by atoms with Gasteiger partial charge in [0.25, 0.3) is 11.8 Å². The molecule has 1 aliphatic heterocycles. The van der Waals surface area contributed by atoms with Gasteiger partial charge in [-0.2, -0.15) is 0 Å². The number of amides is 2. The SMILES string of the molecule is COc1ccc2c(CC(=O)ON3C(=O)c4ccccc4C3=O)coc2c1C. The standard InChI is InChI=1S/C20H15NO6/c1-11-16(25-2)8-7-13-12(10-26-18(11)13)9-17(22)27-21-19(23)14-5-3-4-6-15(14)20(21)24/h3-8,10H,9H2,1-2H3. The summed E-state index contributed by atoms with van der Waals surface area (Å²) in [6, 6.07) is 9.89. The van der Waals surface area contributed by atoms with Crippen LogP contribution in [-0.2, 0) is 16.1 Å². The van der Waals surface area contributed by atoms with E-state index in [2.05, 4.69) is 0 Å². The summed E-state index contributed by atoms with van der Waals surface area (Å²) < 4.78 is 10.8. The molecule has 4 rings (SSSR count). The van der Waals surface area contributed by atoms with E-state index in [1.165, 1.54) is 18.4 Å². The average molecular weight is 365 g/mol. The van der Waals surface area contributed by atoms with Crippen molar-refractivity contribution in [1.29, 1.82) is 0 Å². The Bertz CT molecular complexity index is 1060. The van der Waals surface area contributed by atoms with Gasteiger partial charge in [0, 0.05) is 16.5 Å². The maximum atomic E-state index is 12.3. The Hall–Kier alpha value is -3.61. The fourth-order valence-corrected chi connectivity index (χ4v) is 3.17. The smallest absolute Gasteiger partial charge is 0.337 e. The highest BCUT2D eigenvalue weighted by molar-refractivity contribution is 6.20. The molecule has 0 fully saturated rings. The molecular formula is C20H15NO6. The minimum atomic E-state index is -0.735. The second-order valence-corrected chi connectivity index (χ2v) is 6.12. The van der Waals surface area contributed by atoms with Crippen LogP contribution in [0.1, 0.15) is 31.8 Å². The summed E-state index contributed by atoms with van der Waals surface area (Å²) in [6.07, 6.45) is 1.31. The Balaban J connectivity index is 1.54. The van der Waals surface area contributed by atoms with E-state index in [1.807, 2.05) is 6.92 Å². The first-order valence-electron chi connectivity index (χ1n) is 8.23. The number of nitrogens with zero attached hydrogens (tertiary/aromatic N) is 1. The van der Waals surface area contributed by atoms with Gasteiger partial charge in [0.2, 0.25) is 0 Å². The van der Waals surface area contributed by atoms with Crippen LogP contribution < -0.4 is 4.74 Å². The van der Waals surface area contributed by atoms with E-state index in [9.17, 15) is 14.4 Å². The lowest BCUT2D eigenvalue weighted by atomic mass is 10.1. The molecule has 0 spiro atoms. The van der Waals surface area contributed by atoms with Gasteiger partial charge in [0.15, 0.2) is 0 Å². The second-order valence-electron chi connectivity index (χ2n) is 6.12. The number of imide groups is 1. The molecule has 0 aliphatic carbocycles. The van der Waals surface area contributed by atoms with Gasteiger partial charge in [-0.05, 0) is 31.2 Å². The summed E-state index contributed by atoms with van der Waals surface area (Å²) in [4.78, 5) is 41.9. The Labute approximate surface area is 154 Å². The predicted molar refractivity (Wildman–Crippen MR) is 94.2 cm³/mol. The monoisotopic (exact) mass is 365 g/mol. The third-order valence-corrected chi connectivity index (χ3v) is 4.53. The molecule has 2 amide bonds. The fourth-order valence-electron chi connectivity index (χ4n) is 3.17. The van der Waals surface area contributed by atoms with Crippen molar-refractivity contribution < 1.29 is 28.4 Å². The molecule has 0 radical (unpaired) electrons. The molecule has 1 aliphatic rings. The highest BCUT2D eigenvalue weighted by Gasteiger charge is 2.38. The first kappa shape index (κ1) is 16.8. The molecule has 0 unspecified atom stereocenters. The lowest BCUT2D eigenvalue weighted by molar-refractivity contribution is -0.167. The molecule has 3 aromatic rings. The van der Waals surface area contributed by atoms with Crippen molar-refractivity contribution in [2.45, 2.75) is 13.3 Å². The quantitative estimate of drug-likeness (QED) is 0.661. The van der Waals surface area contributed by atoms with E-state index in [0.29, 0.717) is 22.0 Å². The van der Waals surface area contributed by atoms with Crippen molar-refractivity contribution >= 4 is 28.8 Å². The van der Waals surface area contributed by atoms with Gasteiger partial charge >= 0.3 is 5.97 Å². The van der Waals surface area contributed by atoms with Crippen LogP contribution in [0.4, 0.5) is 0 Å². The topological polar surface area (TPSA) is 86.0 Å². The fraction of sp³-hybridized carbons (Fsp3) is 0.150. The molecule has 7 heteroatoms.